The Bertz CT molecular complexity index is 8920. The topological polar surface area (TPSA) is 105 Å². The second-order valence-corrected chi connectivity index (χ2v) is 35.3. The molecule has 14 heteroatoms. The minimum Gasteiger partial charge on any atom is -0.455 e. The Kier molecular flexibility index (Phi) is 15.3. The van der Waals surface area contributed by atoms with Gasteiger partial charge < -0.3 is 18.1 Å². The van der Waals surface area contributed by atoms with Crippen molar-refractivity contribution in [2.45, 2.75) is 0 Å². The summed E-state index contributed by atoms with van der Waals surface area (Å²) in [5.74, 6) is 3.83. The summed E-state index contributed by atoms with van der Waals surface area (Å²) < 4.78 is 23.9. The number of para-hydroxylation sites is 5. The summed E-state index contributed by atoms with van der Waals surface area (Å²) >= 11 is 7.35. The largest absolute Gasteiger partial charge is 0.455 e. The van der Waals surface area contributed by atoms with E-state index < -0.39 is 0 Å². The van der Waals surface area contributed by atoms with E-state index >= 15 is 0 Å². The minimum absolute atomic E-state index is 0.637. The molecule has 0 amide bonds. The zero-order chi connectivity index (χ0) is 79.8. The molecule has 0 N–H and O–H groups in total. The first-order valence-corrected chi connectivity index (χ1v) is 44.0. The van der Waals surface area contributed by atoms with Crippen molar-refractivity contribution in [1.82, 2.24) is 43.6 Å². The highest BCUT2D eigenvalue weighted by Crippen LogP contribution is 2.53. The maximum atomic E-state index is 6.68. The molecule has 0 atom stereocenters. The van der Waals surface area contributed by atoms with Crippen molar-refractivity contribution in [2.24, 2.45) is 0 Å². The maximum absolute atomic E-state index is 6.68. The van der Waals surface area contributed by atoms with Crippen LogP contribution in [-0.2, 0) is 0 Å². The lowest BCUT2D eigenvalue weighted by Crippen LogP contribution is -2.02. The van der Waals surface area contributed by atoms with Crippen LogP contribution in [0.4, 0.5) is 0 Å². The van der Waals surface area contributed by atoms with Crippen molar-refractivity contribution in [3.8, 4) is 85.4 Å². The first-order chi connectivity index (χ1) is 60.5. The van der Waals surface area contributed by atoms with E-state index in [4.69, 9.17) is 34.3 Å². The normalized spacial score (nSPS) is 12.1. The van der Waals surface area contributed by atoms with Crippen LogP contribution in [0.15, 0.2) is 374 Å². The lowest BCUT2D eigenvalue weighted by Gasteiger charge is -2.15. The first-order valence-electron chi connectivity index (χ1n) is 40.7. The Morgan fingerprint density at radius 1 is 0.205 bits per heavy atom. The summed E-state index contributed by atoms with van der Waals surface area (Å²) in [4.78, 5) is 31.5. The van der Waals surface area contributed by atoms with Gasteiger partial charge in [0.2, 0.25) is 0 Å². The summed E-state index contributed by atoms with van der Waals surface area (Å²) in [6, 6.07) is 132. The number of fused-ring (bicyclic) bond motifs is 28. The van der Waals surface area contributed by atoms with Crippen LogP contribution in [0.3, 0.4) is 0 Å². The molecule has 0 spiro atoms. The van der Waals surface area contributed by atoms with Crippen molar-refractivity contribution in [3.05, 3.63) is 370 Å². The van der Waals surface area contributed by atoms with Gasteiger partial charge in [-0.1, -0.05) is 261 Å². The molecule has 10 nitrogen and oxygen atoms in total. The van der Waals surface area contributed by atoms with E-state index in [1.165, 1.54) is 104 Å². The lowest BCUT2D eigenvalue weighted by molar-refractivity contribution is 0.673. The van der Waals surface area contributed by atoms with E-state index in [1.54, 1.807) is 0 Å². The molecule has 27 aromatic rings. The molecule has 17 aromatic carbocycles. The van der Waals surface area contributed by atoms with Gasteiger partial charge in [0.15, 0.2) is 34.9 Å². The molecular formula is C108H61N9OS4. The van der Waals surface area contributed by atoms with Gasteiger partial charge in [0.05, 0.1) is 38.5 Å². The van der Waals surface area contributed by atoms with Gasteiger partial charge in [-0.25, -0.2) is 29.9 Å². The van der Waals surface area contributed by atoms with Gasteiger partial charge in [-0.15, -0.1) is 45.3 Å². The van der Waals surface area contributed by atoms with Crippen molar-refractivity contribution in [3.63, 3.8) is 0 Å². The number of hydrogen-bond acceptors (Lipinski definition) is 11. The Hall–Kier alpha value is -15.2. The molecule has 0 fully saturated rings. The fourth-order valence-corrected chi connectivity index (χ4v) is 23.5. The summed E-state index contributed by atoms with van der Waals surface area (Å²) in [5, 5.41) is 19.4. The van der Waals surface area contributed by atoms with E-state index in [-0.39, 0.29) is 0 Å². The molecule has 0 saturated heterocycles. The van der Waals surface area contributed by atoms with Gasteiger partial charge in [0.25, 0.3) is 0 Å². The predicted octanol–water partition coefficient (Wildman–Crippen LogP) is 30.4. The first kappa shape index (κ1) is 68.9. The molecule has 10 heterocycles. The van der Waals surface area contributed by atoms with E-state index in [0.717, 1.165) is 115 Å². The molecule has 0 aliphatic rings. The summed E-state index contributed by atoms with van der Waals surface area (Å²) in [7, 11) is 0. The van der Waals surface area contributed by atoms with Gasteiger partial charge in [0.1, 0.15) is 11.2 Å². The zero-order valence-electron chi connectivity index (χ0n) is 64.8. The number of hydrogen-bond donors (Lipinski definition) is 0. The Labute approximate surface area is 711 Å². The van der Waals surface area contributed by atoms with E-state index in [1.807, 2.05) is 124 Å². The molecule has 0 unspecified atom stereocenters. The number of nitrogens with zero attached hydrogens (tertiary/aromatic N) is 9. The van der Waals surface area contributed by atoms with Crippen LogP contribution in [0, 0.1) is 0 Å². The Morgan fingerprint density at radius 2 is 0.549 bits per heavy atom. The summed E-state index contributed by atoms with van der Waals surface area (Å²) in [5.41, 5.74) is 17.5. The number of aromatic nitrogens is 9. The molecule has 0 saturated carbocycles. The fourth-order valence-electron chi connectivity index (χ4n) is 18.9. The van der Waals surface area contributed by atoms with E-state index in [0.29, 0.717) is 34.9 Å². The van der Waals surface area contributed by atoms with Crippen LogP contribution >= 0.6 is 45.3 Å². The quantitative estimate of drug-likeness (QED) is 0.142. The van der Waals surface area contributed by atoms with Crippen LogP contribution in [0.2, 0.25) is 0 Å². The highest BCUT2D eigenvalue weighted by molar-refractivity contribution is 7.29. The SMILES string of the molecule is c1ccc(-c2nc(-c3ccccc3)nc(-c3cc(-n4c5ccccc5c5c6oc7ccccc7c6ccc54)cc4c3sc3ccc5sc6ccccc6c5c34)n2)cc1.c1ccc(-c2nc(-c3ccccc3)nc(-c3cc(-n4c5ccccc5c5ccc6c7ccccc7n(-c7ccccc7)c6c54)cc4c3sc3ccc5sc6ccccc6c5c34)n2)cc1. The van der Waals surface area contributed by atoms with Gasteiger partial charge >= 0.3 is 0 Å². The molecule has 0 bridgehead atoms. The number of rotatable bonds is 9. The van der Waals surface area contributed by atoms with Crippen molar-refractivity contribution >= 4 is 213 Å². The van der Waals surface area contributed by atoms with E-state index in [2.05, 4.69) is 305 Å². The lowest BCUT2D eigenvalue weighted by atomic mass is 10.0. The number of benzene rings is 17. The fraction of sp³-hybridized carbons (Fsp3) is 0. The van der Waals surface area contributed by atoms with Gasteiger partial charge in [0, 0.05) is 169 Å². The van der Waals surface area contributed by atoms with Gasteiger partial charge in [-0.3, -0.25) is 0 Å². The highest BCUT2D eigenvalue weighted by atomic mass is 32.1. The third-order valence-electron chi connectivity index (χ3n) is 24.2. The zero-order valence-corrected chi connectivity index (χ0v) is 68.1. The Balaban J connectivity index is 0.000000132. The maximum Gasteiger partial charge on any atom is 0.165 e. The second-order valence-electron chi connectivity index (χ2n) is 31.0. The van der Waals surface area contributed by atoms with Crippen LogP contribution in [0.1, 0.15) is 0 Å². The molecule has 27 rings (SSSR count). The summed E-state index contributed by atoms with van der Waals surface area (Å²) in [6.07, 6.45) is 0. The molecular weight excluding hydrogens is 1570 g/mol. The number of furan rings is 1. The van der Waals surface area contributed by atoms with Gasteiger partial charge in [-0.2, -0.15) is 0 Å². The molecule has 122 heavy (non-hydrogen) atoms. The molecule has 568 valence electrons. The monoisotopic (exact) mass is 1630 g/mol. The average molecular weight is 1630 g/mol. The van der Waals surface area contributed by atoms with Gasteiger partial charge in [-0.05, 0) is 109 Å². The number of thiophene rings is 4. The standard InChI is InChI=1S/C57H33N5S2.C51H28N4OS2/c1-4-16-34(17-5-1)55-58-56(35-18-6-2-7-19-35)60-57(59-55)44-33-37(32-43-51-49(64-54(43)44)31-30-48-50(51)42-24-12-15-27-47(42)63-48)62-46-26-14-11-23-39(46)41-29-28-40-38-22-10-13-25-45(38)61(52(40)53(41)62)36-20-8-3-9-21-36;1-3-13-29(14-4-1)49-52-50(30-15-5-2-6-16-30)54-51(53-49)37-28-31(27-36-46-43(58-48(36)37)26-25-42-45(46)35-19-9-12-22-41(35)57-42)55-38-20-10-7-18-34(38)44-39(55)24-23-33-32-17-8-11-21-40(32)56-47(33)44/h1-33H;1-28H. The van der Waals surface area contributed by atoms with Crippen molar-refractivity contribution in [2.75, 3.05) is 0 Å². The minimum atomic E-state index is 0.637. The molecule has 10 aromatic heterocycles. The predicted molar refractivity (Wildman–Crippen MR) is 514 cm³/mol. The smallest absolute Gasteiger partial charge is 0.165 e. The van der Waals surface area contributed by atoms with Crippen LogP contribution in [0.25, 0.3) is 253 Å². The van der Waals surface area contributed by atoms with Crippen LogP contribution in [-0.4, -0.2) is 43.6 Å². The van der Waals surface area contributed by atoms with Crippen molar-refractivity contribution < 1.29 is 4.42 Å². The third kappa shape index (κ3) is 10.6. The average Bonchev–Trinajstić information content (AvgIpc) is 1.54. The van der Waals surface area contributed by atoms with E-state index in [9.17, 15) is 0 Å². The third-order valence-corrected chi connectivity index (χ3v) is 28.9. The second kappa shape index (κ2) is 27.2. The highest BCUT2D eigenvalue weighted by Gasteiger charge is 2.29. The molecule has 0 aliphatic carbocycles. The summed E-state index contributed by atoms with van der Waals surface area (Å²) in [6.45, 7) is 0. The van der Waals surface area contributed by atoms with Crippen LogP contribution in [0.5, 0.6) is 0 Å². The van der Waals surface area contributed by atoms with Crippen molar-refractivity contribution in [1.29, 1.82) is 0 Å². The molecule has 0 radical (unpaired) electrons. The van der Waals surface area contributed by atoms with Crippen LogP contribution < -0.4 is 0 Å². The molecule has 0 aliphatic heterocycles. The Morgan fingerprint density at radius 3 is 1.02 bits per heavy atom.